The van der Waals surface area contributed by atoms with Gasteiger partial charge in [0.15, 0.2) is 6.61 Å². The van der Waals surface area contributed by atoms with E-state index < -0.39 is 0 Å². The van der Waals surface area contributed by atoms with Gasteiger partial charge < -0.3 is 4.74 Å². The van der Waals surface area contributed by atoms with Gasteiger partial charge in [0.1, 0.15) is 5.75 Å². The Bertz CT molecular complexity index is 426. The number of rotatable bonds is 3. The van der Waals surface area contributed by atoms with Crippen molar-refractivity contribution in [2.24, 2.45) is 0 Å². The van der Waals surface area contributed by atoms with E-state index in [2.05, 4.69) is 20.6 Å². The summed E-state index contributed by atoms with van der Waals surface area (Å²) in [6.07, 6.45) is 0. The Balaban J connectivity index is 2.05. The molecular weight excluding hydrogens is 239 g/mol. The van der Waals surface area contributed by atoms with E-state index in [-0.39, 0.29) is 6.61 Å². The molecule has 78 valence electrons. The van der Waals surface area contributed by atoms with Crippen LogP contribution in [-0.2, 0) is 6.61 Å². The molecule has 0 saturated carbocycles. The Morgan fingerprint density at radius 1 is 1.20 bits per heavy atom. The molecule has 1 heterocycles. The third-order valence-electron chi connectivity index (χ3n) is 1.59. The van der Waals surface area contributed by atoms with Crippen LogP contribution in [0.1, 0.15) is 5.82 Å². The van der Waals surface area contributed by atoms with E-state index in [4.69, 9.17) is 27.9 Å². The summed E-state index contributed by atoms with van der Waals surface area (Å²) in [5.74, 6) is 1.03. The van der Waals surface area contributed by atoms with Gasteiger partial charge in [0.2, 0.25) is 5.82 Å². The smallest absolute Gasteiger partial charge is 0.211 e. The Kier molecular flexibility index (Phi) is 3.03. The van der Waals surface area contributed by atoms with Crippen LogP contribution in [0.4, 0.5) is 0 Å². The molecule has 0 atom stereocenters. The highest BCUT2D eigenvalue weighted by Crippen LogP contribution is 2.24. The monoisotopic (exact) mass is 244 g/mol. The molecule has 7 heteroatoms. The second-order valence-corrected chi connectivity index (χ2v) is 3.59. The summed E-state index contributed by atoms with van der Waals surface area (Å²) < 4.78 is 5.36. The first kappa shape index (κ1) is 10.2. The molecule has 0 aliphatic rings. The van der Waals surface area contributed by atoms with Crippen molar-refractivity contribution in [3.8, 4) is 5.75 Å². The molecule has 0 saturated heterocycles. The highest BCUT2D eigenvalue weighted by Gasteiger charge is 2.02. The van der Waals surface area contributed by atoms with E-state index >= 15 is 0 Å². The highest BCUT2D eigenvalue weighted by molar-refractivity contribution is 6.34. The van der Waals surface area contributed by atoms with Gasteiger partial charge >= 0.3 is 0 Å². The zero-order valence-electron chi connectivity index (χ0n) is 7.44. The zero-order valence-corrected chi connectivity index (χ0v) is 8.96. The fourth-order valence-corrected chi connectivity index (χ4v) is 1.51. The Hall–Kier alpha value is -1.33. The zero-order chi connectivity index (χ0) is 10.7. The molecule has 0 radical (unpaired) electrons. The number of hydrogen-bond donors (Lipinski definition) is 1. The van der Waals surface area contributed by atoms with Crippen LogP contribution in [0.5, 0.6) is 5.75 Å². The van der Waals surface area contributed by atoms with Gasteiger partial charge in [0.05, 0.1) is 0 Å². The van der Waals surface area contributed by atoms with Crippen molar-refractivity contribution < 1.29 is 4.74 Å². The van der Waals surface area contributed by atoms with Gasteiger partial charge in [-0.25, -0.2) is 0 Å². The average Bonchev–Trinajstić information content (AvgIpc) is 2.65. The van der Waals surface area contributed by atoms with Crippen molar-refractivity contribution in [2.45, 2.75) is 6.61 Å². The first-order valence-electron chi connectivity index (χ1n) is 4.05. The van der Waals surface area contributed by atoms with E-state index in [1.165, 1.54) is 0 Å². The number of nitrogens with zero attached hydrogens (tertiary/aromatic N) is 3. The minimum absolute atomic E-state index is 0.215. The molecule has 1 aromatic heterocycles. The number of ether oxygens (including phenoxy) is 1. The van der Waals surface area contributed by atoms with Crippen LogP contribution in [0, 0.1) is 0 Å². The SMILES string of the molecule is Clc1cc(Cl)cc(OCc2nn[nH]n2)c1. The summed E-state index contributed by atoms with van der Waals surface area (Å²) in [5, 5.41) is 14.2. The van der Waals surface area contributed by atoms with Crippen molar-refractivity contribution in [3.05, 3.63) is 34.1 Å². The lowest BCUT2D eigenvalue weighted by atomic mass is 10.3. The van der Waals surface area contributed by atoms with Crippen LogP contribution in [-0.4, -0.2) is 20.6 Å². The first-order chi connectivity index (χ1) is 7.24. The molecule has 5 nitrogen and oxygen atoms in total. The van der Waals surface area contributed by atoms with Crippen molar-refractivity contribution in [1.29, 1.82) is 0 Å². The minimum Gasteiger partial charge on any atom is -0.485 e. The normalized spacial score (nSPS) is 10.3. The summed E-state index contributed by atoms with van der Waals surface area (Å²) in [6, 6.07) is 4.95. The van der Waals surface area contributed by atoms with E-state index in [1.54, 1.807) is 18.2 Å². The number of tetrazole rings is 1. The van der Waals surface area contributed by atoms with E-state index in [9.17, 15) is 0 Å². The van der Waals surface area contributed by atoms with Gasteiger partial charge in [0.25, 0.3) is 0 Å². The molecule has 0 amide bonds. The molecule has 0 spiro atoms. The molecule has 0 aliphatic carbocycles. The Morgan fingerprint density at radius 3 is 2.53 bits per heavy atom. The second kappa shape index (κ2) is 4.46. The third-order valence-corrected chi connectivity index (χ3v) is 2.03. The fourth-order valence-electron chi connectivity index (χ4n) is 1.00. The number of benzene rings is 1. The number of aromatic nitrogens is 4. The average molecular weight is 245 g/mol. The number of halogens is 2. The maximum Gasteiger partial charge on any atom is 0.211 e. The lowest BCUT2D eigenvalue weighted by Gasteiger charge is -2.03. The van der Waals surface area contributed by atoms with Crippen LogP contribution in [0.15, 0.2) is 18.2 Å². The Morgan fingerprint density at radius 2 is 1.93 bits per heavy atom. The van der Waals surface area contributed by atoms with Gasteiger partial charge in [-0.05, 0) is 18.2 Å². The van der Waals surface area contributed by atoms with Crippen molar-refractivity contribution in [3.63, 3.8) is 0 Å². The molecule has 1 N–H and O–H groups in total. The maximum absolute atomic E-state index is 5.80. The molecule has 15 heavy (non-hydrogen) atoms. The summed E-state index contributed by atoms with van der Waals surface area (Å²) in [7, 11) is 0. The minimum atomic E-state index is 0.215. The summed E-state index contributed by atoms with van der Waals surface area (Å²) in [6.45, 7) is 0.215. The number of H-pyrrole nitrogens is 1. The van der Waals surface area contributed by atoms with Crippen molar-refractivity contribution in [1.82, 2.24) is 20.6 Å². The number of hydrogen-bond acceptors (Lipinski definition) is 4. The maximum atomic E-state index is 5.80. The summed E-state index contributed by atoms with van der Waals surface area (Å²) in [5.41, 5.74) is 0. The Labute approximate surface area is 95.3 Å². The molecule has 0 aliphatic heterocycles. The standard InChI is InChI=1S/C8H6Cl2N4O/c9-5-1-6(10)3-7(2-5)15-4-8-11-13-14-12-8/h1-3H,4H2,(H,11,12,13,14). The fraction of sp³-hybridized carbons (Fsp3) is 0.125. The topological polar surface area (TPSA) is 63.7 Å². The number of nitrogens with one attached hydrogen (secondary N) is 1. The third kappa shape index (κ3) is 2.81. The van der Waals surface area contributed by atoms with Crippen LogP contribution >= 0.6 is 23.2 Å². The van der Waals surface area contributed by atoms with Crippen molar-refractivity contribution in [2.75, 3.05) is 0 Å². The molecule has 0 bridgehead atoms. The van der Waals surface area contributed by atoms with Gasteiger partial charge in [-0.1, -0.05) is 28.4 Å². The lowest BCUT2D eigenvalue weighted by molar-refractivity contribution is 0.296. The molecule has 0 unspecified atom stereocenters. The molecule has 1 aromatic carbocycles. The largest absolute Gasteiger partial charge is 0.485 e. The first-order valence-corrected chi connectivity index (χ1v) is 4.81. The quantitative estimate of drug-likeness (QED) is 0.899. The van der Waals surface area contributed by atoms with E-state index in [0.29, 0.717) is 21.6 Å². The molecule has 2 rings (SSSR count). The van der Waals surface area contributed by atoms with E-state index in [0.717, 1.165) is 0 Å². The van der Waals surface area contributed by atoms with Gasteiger partial charge in [-0.15, -0.1) is 10.2 Å². The van der Waals surface area contributed by atoms with Crippen molar-refractivity contribution >= 4 is 23.2 Å². The van der Waals surface area contributed by atoms with Gasteiger partial charge in [-0.2, -0.15) is 5.21 Å². The second-order valence-electron chi connectivity index (χ2n) is 2.72. The summed E-state index contributed by atoms with van der Waals surface area (Å²) in [4.78, 5) is 0. The van der Waals surface area contributed by atoms with E-state index in [1.807, 2.05) is 0 Å². The van der Waals surface area contributed by atoms with Crippen LogP contribution in [0.25, 0.3) is 0 Å². The van der Waals surface area contributed by atoms with Crippen LogP contribution in [0.2, 0.25) is 10.0 Å². The number of aromatic amines is 1. The molecule has 2 aromatic rings. The predicted molar refractivity (Wildman–Crippen MR) is 55.0 cm³/mol. The van der Waals surface area contributed by atoms with Crippen LogP contribution in [0.3, 0.4) is 0 Å². The molecular formula is C8H6Cl2N4O. The van der Waals surface area contributed by atoms with Crippen LogP contribution < -0.4 is 4.74 Å². The highest BCUT2D eigenvalue weighted by atomic mass is 35.5. The van der Waals surface area contributed by atoms with Gasteiger partial charge in [0, 0.05) is 10.0 Å². The summed E-state index contributed by atoms with van der Waals surface area (Å²) >= 11 is 11.6. The predicted octanol–water partition coefficient (Wildman–Crippen LogP) is 2.09. The molecule has 0 fully saturated rings. The van der Waals surface area contributed by atoms with Gasteiger partial charge in [-0.3, -0.25) is 0 Å². The lowest BCUT2D eigenvalue weighted by Crippen LogP contribution is -1.97.